The molecule has 0 bridgehead atoms. The molecule has 0 unspecified atom stereocenters. The van der Waals surface area contributed by atoms with Crippen LogP contribution in [0.2, 0.25) is 5.02 Å². The first-order valence-corrected chi connectivity index (χ1v) is 9.62. The summed E-state index contributed by atoms with van der Waals surface area (Å²) < 4.78 is 33.4. The van der Waals surface area contributed by atoms with Crippen molar-refractivity contribution in [2.24, 2.45) is 5.14 Å². The number of carbonyl (C=O) groups excluding carboxylic acids is 1. The zero-order valence-corrected chi connectivity index (χ0v) is 15.0. The second-order valence-electron chi connectivity index (χ2n) is 4.58. The van der Waals surface area contributed by atoms with Gasteiger partial charge in [-0.05, 0) is 24.3 Å². The Balaban J connectivity index is 2.39. The van der Waals surface area contributed by atoms with Gasteiger partial charge < -0.3 is 13.9 Å². The van der Waals surface area contributed by atoms with Crippen LogP contribution in [0, 0.1) is 0 Å². The fourth-order valence-corrected chi connectivity index (χ4v) is 3.25. The number of halogens is 1. The third-order valence-corrected chi connectivity index (χ3v) is 4.76. The van der Waals surface area contributed by atoms with E-state index in [1.165, 1.54) is 12.3 Å². The summed E-state index contributed by atoms with van der Waals surface area (Å²) in [6, 6.07) is 5.89. The van der Waals surface area contributed by atoms with E-state index in [1.54, 1.807) is 12.1 Å². The highest BCUT2D eigenvalue weighted by Gasteiger charge is 2.22. The van der Waals surface area contributed by atoms with Crippen LogP contribution in [-0.4, -0.2) is 20.1 Å². The Bertz CT molecular complexity index is 822. The Morgan fingerprint density at radius 1 is 1.46 bits per heavy atom. The largest absolute Gasteiger partial charge is 0.467 e. The summed E-state index contributed by atoms with van der Waals surface area (Å²) in [5, 5.41) is 7.99. The molecule has 0 aliphatic rings. The van der Waals surface area contributed by atoms with Crippen molar-refractivity contribution in [3.8, 4) is 0 Å². The van der Waals surface area contributed by atoms with Crippen LogP contribution < -0.4 is 10.5 Å². The van der Waals surface area contributed by atoms with Crippen LogP contribution in [0.15, 0.2) is 39.8 Å². The summed E-state index contributed by atoms with van der Waals surface area (Å²) in [4.78, 5) is 11.8. The molecule has 1 heterocycles. The summed E-state index contributed by atoms with van der Waals surface area (Å²) in [5.41, 5.74) is 0.321. The molecule has 2 rings (SSSR count). The molecule has 0 radical (unpaired) electrons. The third kappa shape index (κ3) is 4.67. The van der Waals surface area contributed by atoms with Gasteiger partial charge >= 0.3 is 5.97 Å². The van der Waals surface area contributed by atoms with Gasteiger partial charge in [-0.2, -0.15) is 0 Å². The molecule has 7 nitrogen and oxygen atoms in total. The van der Waals surface area contributed by atoms with Crippen LogP contribution in [0.5, 0.6) is 0 Å². The quantitative estimate of drug-likeness (QED) is 0.698. The number of primary sulfonamides is 1. The lowest BCUT2D eigenvalue weighted by molar-refractivity contribution is 0.0769. The second-order valence-corrected chi connectivity index (χ2v) is 7.50. The molecule has 0 aliphatic carbocycles. The molecule has 0 atom stereocenters. The van der Waals surface area contributed by atoms with Gasteiger partial charge in [-0.25, -0.2) is 18.4 Å². The van der Waals surface area contributed by atoms with Gasteiger partial charge in [0, 0.05) is 5.75 Å². The molecule has 1 aromatic carbocycles. The molecule has 3 N–H and O–H groups in total. The smallest absolute Gasteiger partial charge is 0.352 e. The standard InChI is InChI=1S/C14H15ClN2O5S2/c1-2-23-22-14(18)10-6-13(24(16,19)20)11(15)7-12(10)17-8-9-4-3-5-21-9/h3-7,17H,2,8H2,1H3,(H2,16,19,20). The van der Waals surface area contributed by atoms with E-state index < -0.39 is 16.0 Å². The van der Waals surface area contributed by atoms with Gasteiger partial charge in [0.15, 0.2) is 0 Å². The first-order valence-electron chi connectivity index (χ1n) is 6.79. The van der Waals surface area contributed by atoms with Crippen molar-refractivity contribution in [1.82, 2.24) is 0 Å². The fraction of sp³-hybridized carbons (Fsp3) is 0.214. The molecule has 130 valence electrons. The Labute approximate surface area is 148 Å². The van der Waals surface area contributed by atoms with Crippen LogP contribution in [0.25, 0.3) is 0 Å². The maximum Gasteiger partial charge on any atom is 0.352 e. The van der Waals surface area contributed by atoms with Crippen LogP contribution >= 0.6 is 23.6 Å². The number of rotatable bonds is 7. The SMILES string of the molecule is CCSOC(=O)c1cc(S(N)(=O)=O)c(Cl)cc1NCc1ccco1. The van der Waals surface area contributed by atoms with E-state index in [-0.39, 0.29) is 22.0 Å². The lowest BCUT2D eigenvalue weighted by atomic mass is 10.1. The van der Waals surface area contributed by atoms with Crippen LogP contribution in [0.1, 0.15) is 23.0 Å². The van der Waals surface area contributed by atoms with Crippen molar-refractivity contribution >= 4 is 45.3 Å². The topological polar surface area (TPSA) is 112 Å². The van der Waals surface area contributed by atoms with E-state index in [1.807, 2.05) is 6.92 Å². The molecule has 10 heteroatoms. The van der Waals surface area contributed by atoms with E-state index in [0.29, 0.717) is 17.2 Å². The predicted molar refractivity (Wildman–Crippen MR) is 92.4 cm³/mol. The van der Waals surface area contributed by atoms with Crippen molar-refractivity contribution in [1.29, 1.82) is 0 Å². The van der Waals surface area contributed by atoms with Gasteiger partial charge in [0.05, 0.1) is 41.1 Å². The van der Waals surface area contributed by atoms with Gasteiger partial charge in [-0.15, -0.1) is 0 Å². The summed E-state index contributed by atoms with van der Waals surface area (Å²) in [7, 11) is -4.08. The van der Waals surface area contributed by atoms with Gasteiger partial charge in [0.1, 0.15) is 10.7 Å². The maximum absolute atomic E-state index is 12.2. The zero-order valence-electron chi connectivity index (χ0n) is 12.6. The number of hydrogen-bond donors (Lipinski definition) is 2. The summed E-state index contributed by atoms with van der Waals surface area (Å²) in [6.07, 6.45) is 1.52. The molecular weight excluding hydrogens is 376 g/mol. The zero-order chi connectivity index (χ0) is 17.7. The Morgan fingerprint density at radius 3 is 2.79 bits per heavy atom. The average molecular weight is 391 g/mol. The monoisotopic (exact) mass is 390 g/mol. The molecule has 1 aromatic heterocycles. The summed E-state index contributed by atoms with van der Waals surface area (Å²) in [5.74, 6) is 0.477. The van der Waals surface area contributed by atoms with E-state index >= 15 is 0 Å². The molecule has 0 amide bonds. The number of carbonyl (C=O) groups is 1. The van der Waals surface area contributed by atoms with Crippen molar-refractivity contribution in [3.63, 3.8) is 0 Å². The first-order chi connectivity index (χ1) is 11.3. The minimum atomic E-state index is -4.08. The summed E-state index contributed by atoms with van der Waals surface area (Å²) >= 11 is 6.92. The number of hydrogen-bond acceptors (Lipinski definition) is 7. The van der Waals surface area contributed by atoms with Gasteiger partial charge in [-0.3, -0.25) is 0 Å². The van der Waals surface area contributed by atoms with Crippen molar-refractivity contribution in [3.05, 3.63) is 46.9 Å². The molecule has 2 aromatic rings. The number of anilines is 1. The molecule has 24 heavy (non-hydrogen) atoms. The van der Waals surface area contributed by atoms with E-state index in [9.17, 15) is 13.2 Å². The molecular formula is C14H15ClN2O5S2. The minimum Gasteiger partial charge on any atom is -0.467 e. The van der Waals surface area contributed by atoms with Crippen molar-refractivity contribution in [2.75, 3.05) is 11.1 Å². The van der Waals surface area contributed by atoms with Crippen LogP contribution in [0.4, 0.5) is 5.69 Å². The van der Waals surface area contributed by atoms with Gasteiger partial charge in [-0.1, -0.05) is 18.5 Å². The first kappa shape index (κ1) is 18.7. The van der Waals surface area contributed by atoms with E-state index in [4.69, 9.17) is 25.3 Å². The van der Waals surface area contributed by atoms with Crippen molar-refractivity contribution < 1.29 is 21.8 Å². The van der Waals surface area contributed by atoms with Crippen molar-refractivity contribution in [2.45, 2.75) is 18.4 Å². The number of benzene rings is 1. The molecule has 0 saturated carbocycles. The predicted octanol–water partition coefficient (Wildman–Crippen LogP) is 3.02. The fourth-order valence-electron chi connectivity index (χ4n) is 1.84. The second kappa shape index (κ2) is 7.93. The van der Waals surface area contributed by atoms with Crippen LogP contribution in [-0.2, 0) is 20.8 Å². The van der Waals surface area contributed by atoms with Gasteiger partial charge in [0.25, 0.3) is 0 Å². The Hall–Kier alpha value is -1.68. The van der Waals surface area contributed by atoms with Crippen LogP contribution in [0.3, 0.4) is 0 Å². The normalized spacial score (nSPS) is 11.3. The summed E-state index contributed by atoms with van der Waals surface area (Å²) in [6.45, 7) is 2.09. The highest BCUT2D eigenvalue weighted by atomic mass is 35.5. The number of nitrogens with two attached hydrogens (primary N) is 1. The third-order valence-electron chi connectivity index (χ3n) is 2.88. The minimum absolute atomic E-state index is 0.0101. The molecule has 0 fully saturated rings. The number of sulfonamides is 1. The number of furan rings is 1. The van der Waals surface area contributed by atoms with E-state index in [0.717, 1.165) is 18.1 Å². The molecule has 0 saturated heterocycles. The number of nitrogens with one attached hydrogen (secondary N) is 1. The average Bonchev–Trinajstić information content (AvgIpc) is 3.02. The lowest BCUT2D eigenvalue weighted by Gasteiger charge is -2.13. The Morgan fingerprint density at radius 2 is 2.21 bits per heavy atom. The lowest BCUT2D eigenvalue weighted by Crippen LogP contribution is -2.15. The molecule has 0 spiro atoms. The Kier molecular flexibility index (Phi) is 6.16. The highest BCUT2D eigenvalue weighted by Crippen LogP contribution is 2.30. The molecule has 0 aliphatic heterocycles. The van der Waals surface area contributed by atoms with Gasteiger partial charge in [0.2, 0.25) is 10.0 Å². The van der Waals surface area contributed by atoms with E-state index in [2.05, 4.69) is 5.32 Å². The highest BCUT2D eigenvalue weighted by molar-refractivity contribution is 7.95. The maximum atomic E-state index is 12.2.